The van der Waals surface area contributed by atoms with Gasteiger partial charge in [0, 0.05) is 10.0 Å². The largest absolute Gasteiger partial charge is 0.496 e. The quantitative estimate of drug-likeness (QED) is 0.801. The van der Waals surface area contributed by atoms with E-state index in [4.69, 9.17) is 10.00 Å². The SMILES string of the molecule is COc1cc(Br)cc(F)c1CC#N. The summed E-state index contributed by atoms with van der Waals surface area (Å²) < 4.78 is 18.8. The molecule has 0 N–H and O–H groups in total. The van der Waals surface area contributed by atoms with Crippen LogP contribution in [-0.4, -0.2) is 7.11 Å². The summed E-state index contributed by atoms with van der Waals surface area (Å²) in [6.07, 6.45) is 0.0162. The highest BCUT2D eigenvalue weighted by Crippen LogP contribution is 2.26. The normalized spacial score (nSPS) is 9.38. The third kappa shape index (κ3) is 2.19. The Bertz CT molecular complexity index is 359. The molecule has 0 atom stereocenters. The minimum absolute atomic E-state index is 0.0162. The maximum absolute atomic E-state index is 13.2. The maximum atomic E-state index is 13.2. The summed E-state index contributed by atoms with van der Waals surface area (Å²) in [5.41, 5.74) is 0.299. The molecule has 0 fully saturated rings. The van der Waals surface area contributed by atoms with Gasteiger partial charge in [-0.1, -0.05) is 15.9 Å². The van der Waals surface area contributed by atoms with Crippen LogP contribution in [-0.2, 0) is 6.42 Å². The Kier molecular flexibility index (Phi) is 3.26. The van der Waals surface area contributed by atoms with Crippen LogP contribution in [0.2, 0.25) is 0 Å². The average molecular weight is 244 g/mol. The van der Waals surface area contributed by atoms with Crippen molar-refractivity contribution in [1.29, 1.82) is 5.26 Å². The summed E-state index contributed by atoms with van der Waals surface area (Å²) in [7, 11) is 1.45. The molecular formula is C9H7BrFNO. The van der Waals surface area contributed by atoms with Crippen molar-refractivity contribution in [1.82, 2.24) is 0 Å². The number of rotatable bonds is 2. The van der Waals surface area contributed by atoms with E-state index in [1.165, 1.54) is 13.2 Å². The minimum atomic E-state index is -0.423. The summed E-state index contributed by atoms with van der Waals surface area (Å²) >= 11 is 3.14. The van der Waals surface area contributed by atoms with E-state index in [1.807, 2.05) is 6.07 Å². The van der Waals surface area contributed by atoms with Crippen molar-refractivity contribution in [3.63, 3.8) is 0 Å². The lowest BCUT2D eigenvalue weighted by molar-refractivity contribution is 0.405. The van der Waals surface area contributed by atoms with Gasteiger partial charge in [-0.25, -0.2) is 4.39 Å². The molecule has 1 rings (SSSR count). The topological polar surface area (TPSA) is 33.0 Å². The third-order valence-corrected chi connectivity index (χ3v) is 2.05. The lowest BCUT2D eigenvalue weighted by Gasteiger charge is -2.06. The van der Waals surface area contributed by atoms with Gasteiger partial charge in [-0.2, -0.15) is 5.26 Å². The molecule has 1 aromatic carbocycles. The van der Waals surface area contributed by atoms with Crippen LogP contribution in [0.25, 0.3) is 0 Å². The van der Waals surface area contributed by atoms with Gasteiger partial charge in [-0.05, 0) is 12.1 Å². The van der Waals surface area contributed by atoms with Crippen LogP contribution in [0.4, 0.5) is 4.39 Å². The molecule has 0 unspecified atom stereocenters. The molecule has 0 saturated heterocycles. The second kappa shape index (κ2) is 4.24. The van der Waals surface area contributed by atoms with Crippen molar-refractivity contribution < 1.29 is 9.13 Å². The fourth-order valence-electron chi connectivity index (χ4n) is 1.01. The molecule has 0 aromatic heterocycles. The number of nitriles is 1. The highest BCUT2D eigenvalue weighted by molar-refractivity contribution is 9.10. The Balaban J connectivity index is 3.23. The summed E-state index contributed by atoms with van der Waals surface area (Å²) in [6, 6.07) is 4.83. The number of benzene rings is 1. The zero-order chi connectivity index (χ0) is 9.84. The molecule has 0 heterocycles. The summed E-state index contributed by atoms with van der Waals surface area (Å²) in [4.78, 5) is 0. The van der Waals surface area contributed by atoms with E-state index in [0.717, 1.165) is 0 Å². The van der Waals surface area contributed by atoms with Crippen LogP contribution in [0.15, 0.2) is 16.6 Å². The molecule has 0 aliphatic heterocycles. The van der Waals surface area contributed by atoms with Gasteiger partial charge >= 0.3 is 0 Å². The summed E-state index contributed by atoms with van der Waals surface area (Å²) in [6.45, 7) is 0. The van der Waals surface area contributed by atoms with Crippen LogP contribution >= 0.6 is 15.9 Å². The Morgan fingerprint density at radius 2 is 2.31 bits per heavy atom. The fourth-order valence-corrected chi connectivity index (χ4v) is 1.42. The highest BCUT2D eigenvalue weighted by atomic mass is 79.9. The van der Waals surface area contributed by atoms with Gasteiger partial charge in [0.1, 0.15) is 11.6 Å². The molecule has 0 saturated carbocycles. The van der Waals surface area contributed by atoms with Gasteiger partial charge in [0.15, 0.2) is 0 Å². The monoisotopic (exact) mass is 243 g/mol. The Morgan fingerprint density at radius 1 is 1.62 bits per heavy atom. The van der Waals surface area contributed by atoms with Crippen LogP contribution in [0, 0.1) is 17.1 Å². The average Bonchev–Trinajstić information content (AvgIpc) is 2.09. The Labute approximate surface area is 84.1 Å². The molecule has 0 spiro atoms. The molecule has 1 aromatic rings. The predicted octanol–water partition coefficient (Wildman–Crippen LogP) is 2.66. The summed E-state index contributed by atoms with van der Waals surface area (Å²) in [5, 5.41) is 8.45. The molecule has 0 aliphatic carbocycles. The second-order valence-electron chi connectivity index (χ2n) is 2.40. The predicted molar refractivity (Wildman–Crippen MR) is 50.0 cm³/mol. The Hall–Kier alpha value is -1.08. The van der Waals surface area contributed by atoms with E-state index >= 15 is 0 Å². The molecule has 0 amide bonds. The first kappa shape index (κ1) is 10.0. The lowest BCUT2D eigenvalue weighted by atomic mass is 10.1. The van der Waals surface area contributed by atoms with E-state index in [2.05, 4.69) is 15.9 Å². The van der Waals surface area contributed by atoms with Crippen molar-refractivity contribution in [2.75, 3.05) is 7.11 Å². The molecule has 68 valence electrons. The van der Waals surface area contributed by atoms with Gasteiger partial charge in [0.25, 0.3) is 0 Å². The Morgan fingerprint density at radius 3 is 2.85 bits per heavy atom. The first-order valence-corrected chi connectivity index (χ1v) is 4.37. The molecule has 13 heavy (non-hydrogen) atoms. The number of halogens is 2. The van der Waals surface area contributed by atoms with Gasteiger partial charge in [0.2, 0.25) is 0 Å². The molecule has 4 heteroatoms. The molecule has 2 nitrogen and oxygen atoms in total. The van der Waals surface area contributed by atoms with E-state index in [-0.39, 0.29) is 6.42 Å². The van der Waals surface area contributed by atoms with Gasteiger partial charge < -0.3 is 4.74 Å². The van der Waals surface area contributed by atoms with Crippen LogP contribution in [0.5, 0.6) is 5.75 Å². The number of ether oxygens (including phenoxy) is 1. The molecule has 0 radical (unpaired) electrons. The number of nitrogens with zero attached hydrogens (tertiary/aromatic N) is 1. The number of hydrogen-bond donors (Lipinski definition) is 0. The third-order valence-electron chi connectivity index (χ3n) is 1.60. The zero-order valence-electron chi connectivity index (χ0n) is 6.97. The van der Waals surface area contributed by atoms with Crippen LogP contribution in [0.1, 0.15) is 5.56 Å². The first-order chi connectivity index (χ1) is 6.19. The van der Waals surface area contributed by atoms with Crippen molar-refractivity contribution in [3.8, 4) is 11.8 Å². The molecular weight excluding hydrogens is 237 g/mol. The zero-order valence-corrected chi connectivity index (χ0v) is 8.56. The van der Waals surface area contributed by atoms with Gasteiger partial charge in [-0.15, -0.1) is 0 Å². The second-order valence-corrected chi connectivity index (χ2v) is 3.32. The van der Waals surface area contributed by atoms with Crippen LogP contribution < -0.4 is 4.74 Å². The van der Waals surface area contributed by atoms with Crippen molar-refractivity contribution in [2.45, 2.75) is 6.42 Å². The van der Waals surface area contributed by atoms with Crippen molar-refractivity contribution in [3.05, 3.63) is 28.0 Å². The summed E-state index contributed by atoms with van der Waals surface area (Å²) in [5.74, 6) is -0.0267. The lowest BCUT2D eigenvalue weighted by Crippen LogP contribution is -1.95. The van der Waals surface area contributed by atoms with Gasteiger partial charge in [-0.3, -0.25) is 0 Å². The maximum Gasteiger partial charge on any atom is 0.132 e. The van der Waals surface area contributed by atoms with Crippen molar-refractivity contribution >= 4 is 15.9 Å². The standard InChI is InChI=1S/C9H7BrFNO/c1-13-9-5-6(10)4-8(11)7(9)2-3-12/h4-5H,2H2,1H3. The van der Waals surface area contributed by atoms with E-state index in [1.54, 1.807) is 6.07 Å². The fraction of sp³-hybridized carbons (Fsp3) is 0.222. The van der Waals surface area contributed by atoms with E-state index < -0.39 is 5.82 Å². The molecule has 0 aliphatic rings. The van der Waals surface area contributed by atoms with E-state index in [9.17, 15) is 4.39 Å². The van der Waals surface area contributed by atoms with Gasteiger partial charge in [0.05, 0.1) is 19.6 Å². The van der Waals surface area contributed by atoms with E-state index in [0.29, 0.717) is 15.8 Å². The smallest absolute Gasteiger partial charge is 0.132 e. The minimum Gasteiger partial charge on any atom is -0.496 e. The first-order valence-electron chi connectivity index (χ1n) is 3.58. The van der Waals surface area contributed by atoms with Crippen LogP contribution in [0.3, 0.4) is 0 Å². The highest BCUT2D eigenvalue weighted by Gasteiger charge is 2.09. The van der Waals surface area contributed by atoms with Crippen molar-refractivity contribution in [2.24, 2.45) is 0 Å². The number of hydrogen-bond acceptors (Lipinski definition) is 2. The number of methoxy groups -OCH3 is 1. The molecule has 0 bridgehead atoms.